The van der Waals surface area contributed by atoms with Crippen LogP contribution in [0.3, 0.4) is 0 Å². The summed E-state index contributed by atoms with van der Waals surface area (Å²) in [5.74, 6) is 0.398. The van der Waals surface area contributed by atoms with E-state index in [0.717, 1.165) is 37.1 Å². The van der Waals surface area contributed by atoms with Gasteiger partial charge in [-0.3, -0.25) is 14.5 Å². The quantitative estimate of drug-likeness (QED) is 0.710. The molecule has 3 aliphatic rings. The Morgan fingerprint density at radius 2 is 2.11 bits per heavy atom. The molecular formula is C20H29FN4O2S. The predicted molar refractivity (Wildman–Crippen MR) is 108 cm³/mol. The van der Waals surface area contributed by atoms with Crippen molar-refractivity contribution in [1.82, 2.24) is 14.7 Å². The van der Waals surface area contributed by atoms with Crippen molar-refractivity contribution in [3.8, 4) is 0 Å². The van der Waals surface area contributed by atoms with E-state index < -0.39 is 11.4 Å². The number of hydrogen-bond donors (Lipinski definition) is 1. The maximum atomic E-state index is 13.2. The molecule has 154 valence electrons. The number of nitrogens with two attached hydrogens (primary N) is 1. The van der Waals surface area contributed by atoms with E-state index in [4.69, 9.17) is 5.73 Å². The lowest BCUT2D eigenvalue weighted by Crippen LogP contribution is -2.53. The summed E-state index contributed by atoms with van der Waals surface area (Å²) in [4.78, 5) is 27.2. The fourth-order valence-corrected chi connectivity index (χ4v) is 5.83. The van der Waals surface area contributed by atoms with Gasteiger partial charge in [0.15, 0.2) is 0 Å². The van der Waals surface area contributed by atoms with E-state index in [9.17, 15) is 14.0 Å². The molecule has 1 amide bonds. The minimum absolute atomic E-state index is 0.0654. The van der Waals surface area contributed by atoms with Crippen molar-refractivity contribution in [2.75, 3.05) is 19.6 Å². The fraction of sp³-hybridized carbons (Fsp3) is 0.750. The van der Waals surface area contributed by atoms with Gasteiger partial charge in [-0.25, -0.2) is 9.07 Å². The van der Waals surface area contributed by atoms with E-state index in [1.165, 1.54) is 0 Å². The van der Waals surface area contributed by atoms with Gasteiger partial charge in [0.05, 0.1) is 11.7 Å². The highest BCUT2D eigenvalue weighted by molar-refractivity contribution is 8.02. The van der Waals surface area contributed by atoms with Gasteiger partial charge in [-0.2, -0.15) is 5.10 Å². The lowest BCUT2D eigenvalue weighted by molar-refractivity contribution is -0.118. The second kappa shape index (κ2) is 7.78. The first-order chi connectivity index (χ1) is 13.3. The third-order valence-electron chi connectivity index (χ3n) is 5.91. The molecule has 0 radical (unpaired) electrons. The van der Waals surface area contributed by atoms with Gasteiger partial charge in [-0.05, 0) is 37.2 Å². The van der Waals surface area contributed by atoms with E-state index in [0.29, 0.717) is 31.3 Å². The van der Waals surface area contributed by atoms with Crippen LogP contribution >= 0.6 is 11.8 Å². The van der Waals surface area contributed by atoms with Crippen LogP contribution in [0.5, 0.6) is 0 Å². The van der Waals surface area contributed by atoms with Crippen molar-refractivity contribution in [3.63, 3.8) is 0 Å². The van der Waals surface area contributed by atoms with Crippen molar-refractivity contribution in [2.24, 2.45) is 11.7 Å². The van der Waals surface area contributed by atoms with Crippen molar-refractivity contribution in [2.45, 2.75) is 68.2 Å². The lowest BCUT2D eigenvalue weighted by atomic mass is 9.98. The molecule has 0 spiro atoms. The maximum absolute atomic E-state index is 13.2. The summed E-state index contributed by atoms with van der Waals surface area (Å²) >= 11 is 1.56. The molecule has 3 fully saturated rings. The third-order valence-corrected chi connectivity index (χ3v) is 7.53. The highest BCUT2D eigenvalue weighted by Crippen LogP contribution is 2.48. The molecule has 1 aliphatic carbocycles. The first-order valence-electron chi connectivity index (χ1n) is 10.3. The zero-order valence-electron chi connectivity index (χ0n) is 16.5. The lowest BCUT2D eigenvalue weighted by Gasteiger charge is -2.43. The minimum Gasteiger partial charge on any atom is -0.369 e. The average molecular weight is 409 g/mol. The van der Waals surface area contributed by atoms with Crippen molar-refractivity contribution < 1.29 is 9.18 Å². The number of amides is 1. The van der Waals surface area contributed by atoms with Crippen LogP contribution < -0.4 is 11.3 Å². The topological polar surface area (TPSA) is 81.2 Å². The van der Waals surface area contributed by atoms with Gasteiger partial charge >= 0.3 is 0 Å². The Labute approximate surface area is 169 Å². The summed E-state index contributed by atoms with van der Waals surface area (Å²) in [5.41, 5.74) is 7.22. The molecule has 0 bridgehead atoms. The summed E-state index contributed by atoms with van der Waals surface area (Å²) < 4.78 is 14.6. The highest BCUT2D eigenvalue weighted by Gasteiger charge is 2.48. The van der Waals surface area contributed by atoms with E-state index in [1.807, 2.05) is 6.07 Å². The molecular weight excluding hydrogens is 379 g/mol. The van der Waals surface area contributed by atoms with Gasteiger partial charge in [0, 0.05) is 36.9 Å². The number of aromatic nitrogens is 2. The van der Waals surface area contributed by atoms with E-state index in [1.54, 1.807) is 16.4 Å². The Morgan fingerprint density at radius 1 is 1.39 bits per heavy atom. The second-order valence-electron chi connectivity index (χ2n) is 8.84. The zero-order valence-corrected chi connectivity index (χ0v) is 17.3. The van der Waals surface area contributed by atoms with Gasteiger partial charge < -0.3 is 5.73 Å². The van der Waals surface area contributed by atoms with Crippen LogP contribution in [0.1, 0.15) is 56.3 Å². The second-order valence-corrected chi connectivity index (χ2v) is 10.2. The standard InChI is InChI=1S/C20H29FN4O2S/c1-11(2)7-16-17(18(28-16)19(22)26)25-20(27)15(12-3-4-12)8-14(23-25)5-6-24-9-13(21)10-24/h8,11-13,16-18H,3-7,9-10H2,1-2H3,(H2,22,26). The van der Waals surface area contributed by atoms with Crippen LogP contribution in [0.2, 0.25) is 0 Å². The maximum Gasteiger partial charge on any atom is 0.270 e. The van der Waals surface area contributed by atoms with Crippen LogP contribution in [0.25, 0.3) is 0 Å². The smallest absolute Gasteiger partial charge is 0.270 e. The van der Waals surface area contributed by atoms with Crippen LogP contribution in [0, 0.1) is 5.92 Å². The Morgan fingerprint density at radius 3 is 2.68 bits per heavy atom. The Kier molecular flexibility index (Phi) is 5.53. The molecule has 2 N–H and O–H groups in total. The zero-order chi connectivity index (χ0) is 20.0. The molecule has 4 rings (SSSR count). The molecule has 1 saturated carbocycles. The molecule has 3 unspecified atom stereocenters. The number of carbonyl (C=O) groups is 1. The molecule has 1 aromatic rings. The molecule has 8 heteroatoms. The number of primary amides is 1. The van der Waals surface area contributed by atoms with Crippen LogP contribution in [-0.4, -0.2) is 56.9 Å². The fourth-order valence-electron chi connectivity index (χ4n) is 4.19. The number of alkyl halides is 1. The first kappa shape index (κ1) is 19.9. The molecule has 0 aromatic carbocycles. The molecule has 2 aliphatic heterocycles. The Hall–Kier alpha value is -1.41. The minimum atomic E-state index is -0.718. The van der Waals surface area contributed by atoms with Crippen molar-refractivity contribution in [1.29, 1.82) is 0 Å². The molecule has 3 heterocycles. The average Bonchev–Trinajstić information content (AvgIpc) is 3.40. The summed E-state index contributed by atoms with van der Waals surface area (Å²) in [5, 5.41) is 4.44. The number of rotatable bonds is 8. The molecule has 1 aromatic heterocycles. The molecule has 3 atom stereocenters. The monoisotopic (exact) mass is 408 g/mol. The summed E-state index contributed by atoms with van der Waals surface area (Å²) in [7, 11) is 0. The van der Waals surface area contributed by atoms with Gasteiger partial charge in [0.25, 0.3) is 5.56 Å². The summed E-state index contributed by atoms with van der Waals surface area (Å²) in [6.45, 7) is 5.98. The van der Waals surface area contributed by atoms with Crippen molar-refractivity contribution in [3.05, 3.63) is 27.7 Å². The number of thioether (sulfide) groups is 1. The Bertz CT molecular complexity index is 804. The van der Waals surface area contributed by atoms with Gasteiger partial charge in [-0.1, -0.05) is 13.8 Å². The molecule has 28 heavy (non-hydrogen) atoms. The molecule has 6 nitrogen and oxygen atoms in total. The van der Waals surface area contributed by atoms with Crippen LogP contribution in [0.4, 0.5) is 4.39 Å². The SMILES string of the molecule is CC(C)CC1SC(C(N)=O)C1n1nc(CCN2CC(F)C2)cc(C2CC2)c1=O. The van der Waals surface area contributed by atoms with Crippen LogP contribution in [-0.2, 0) is 11.2 Å². The first-order valence-corrected chi connectivity index (χ1v) is 11.2. The van der Waals surface area contributed by atoms with Gasteiger partial charge in [0.2, 0.25) is 5.91 Å². The van der Waals surface area contributed by atoms with E-state index >= 15 is 0 Å². The number of likely N-dealkylation sites (tertiary alicyclic amines) is 1. The predicted octanol–water partition coefficient (Wildman–Crippen LogP) is 1.87. The van der Waals surface area contributed by atoms with Crippen LogP contribution in [0.15, 0.2) is 10.9 Å². The highest BCUT2D eigenvalue weighted by atomic mass is 32.2. The Balaban J connectivity index is 1.61. The number of nitrogens with zero attached hydrogens (tertiary/aromatic N) is 3. The van der Waals surface area contributed by atoms with Gasteiger partial charge in [-0.15, -0.1) is 11.8 Å². The van der Waals surface area contributed by atoms with Gasteiger partial charge in [0.1, 0.15) is 11.4 Å². The van der Waals surface area contributed by atoms with E-state index in [2.05, 4.69) is 23.8 Å². The van der Waals surface area contributed by atoms with E-state index in [-0.39, 0.29) is 22.8 Å². The third kappa shape index (κ3) is 3.99. The number of hydrogen-bond acceptors (Lipinski definition) is 5. The number of carbonyl (C=O) groups excluding carboxylic acids is 1. The summed E-state index contributed by atoms with van der Waals surface area (Å²) in [6, 6.07) is 1.67. The largest absolute Gasteiger partial charge is 0.369 e. The van der Waals surface area contributed by atoms with Crippen molar-refractivity contribution >= 4 is 17.7 Å². The summed E-state index contributed by atoms with van der Waals surface area (Å²) in [6.07, 6.45) is 2.94. The number of halogens is 1. The molecule has 2 saturated heterocycles. The normalized spacial score (nSPS) is 28.2.